The molecule has 1 heterocycles. The zero-order valence-electron chi connectivity index (χ0n) is 9.57. The molecule has 2 aliphatic rings. The number of fused-ring (bicyclic) bond motifs is 1. The molecule has 0 aromatic heterocycles. The van der Waals surface area contributed by atoms with Crippen LogP contribution in [0, 0.1) is 5.92 Å². The van der Waals surface area contributed by atoms with E-state index in [-0.39, 0.29) is 4.75 Å². The number of hydrogen-bond acceptors (Lipinski definition) is 2. The van der Waals surface area contributed by atoms with Crippen molar-refractivity contribution in [2.45, 2.75) is 49.2 Å². The SMILES string of the molecule is CC(C)CCCCC12C=CC=CC1(O)S2. The first-order chi connectivity index (χ1) is 7.08. The molecule has 2 unspecified atom stereocenters. The Labute approximate surface area is 96.6 Å². The zero-order valence-corrected chi connectivity index (χ0v) is 10.4. The van der Waals surface area contributed by atoms with Gasteiger partial charge in [0.2, 0.25) is 0 Å². The maximum Gasteiger partial charge on any atom is 0.148 e. The maximum absolute atomic E-state index is 10.1. The van der Waals surface area contributed by atoms with E-state index in [0.29, 0.717) is 0 Å². The summed E-state index contributed by atoms with van der Waals surface area (Å²) < 4.78 is 0.0265. The molecule has 0 aromatic carbocycles. The molecule has 1 aliphatic carbocycles. The molecule has 0 radical (unpaired) electrons. The predicted octanol–water partition coefficient (Wildman–Crippen LogP) is 3.50. The largest absolute Gasteiger partial charge is 0.374 e. The summed E-state index contributed by atoms with van der Waals surface area (Å²) >= 11 is 1.69. The molecule has 84 valence electrons. The van der Waals surface area contributed by atoms with Gasteiger partial charge < -0.3 is 5.11 Å². The third-order valence-corrected chi connectivity index (χ3v) is 4.90. The van der Waals surface area contributed by atoms with Gasteiger partial charge in [-0.1, -0.05) is 51.3 Å². The molecule has 0 amide bonds. The van der Waals surface area contributed by atoms with E-state index in [1.165, 1.54) is 19.3 Å². The fourth-order valence-electron chi connectivity index (χ4n) is 2.23. The van der Waals surface area contributed by atoms with Crippen LogP contribution in [-0.2, 0) is 0 Å². The van der Waals surface area contributed by atoms with Gasteiger partial charge in [-0.15, -0.1) is 11.8 Å². The average molecular weight is 224 g/mol. The minimum absolute atomic E-state index is 0.0265. The molecule has 1 saturated heterocycles. The van der Waals surface area contributed by atoms with Crippen molar-refractivity contribution < 1.29 is 5.11 Å². The van der Waals surface area contributed by atoms with E-state index in [2.05, 4.69) is 26.0 Å². The van der Waals surface area contributed by atoms with Crippen molar-refractivity contribution in [2.75, 3.05) is 0 Å². The topological polar surface area (TPSA) is 20.2 Å². The summed E-state index contributed by atoms with van der Waals surface area (Å²) in [6, 6.07) is 0. The number of thioether (sulfide) groups is 1. The van der Waals surface area contributed by atoms with Crippen molar-refractivity contribution in [2.24, 2.45) is 5.92 Å². The van der Waals surface area contributed by atoms with Crippen molar-refractivity contribution in [1.29, 1.82) is 0 Å². The molecule has 2 heteroatoms. The first-order valence-corrected chi connectivity index (χ1v) is 6.69. The highest BCUT2D eigenvalue weighted by molar-refractivity contribution is 8.09. The summed E-state index contributed by atoms with van der Waals surface area (Å²) in [5.74, 6) is 0.801. The molecule has 1 nitrogen and oxygen atoms in total. The van der Waals surface area contributed by atoms with Crippen molar-refractivity contribution >= 4 is 11.8 Å². The highest BCUT2D eigenvalue weighted by atomic mass is 32.2. The first kappa shape index (κ1) is 11.3. The standard InChI is InChI=1S/C13H20OS/c1-11(2)7-3-4-8-12-9-5-6-10-13(12,14)15-12/h5-6,9-11,14H,3-4,7-8H2,1-2H3. The van der Waals surface area contributed by atoms with Crippen molar-refractivity contribution in [1.82, 2.24) is 0 Å². The zero-order chi connectivity index (χ0) is 10.9. The predicted molar refractivity (Wildman–Crippen MR) is 66.9 cm³/mol. The number of rotatable bonds is 5. The van der Waals surface area contributed by atoms with Crippen LogP contribution in [0.15, 0.2) is 24.3 Å². The normalized spacial score (nSPS) is 37.1. The van der Waals surface area contributed by atoms with Crippen LogP contribution in [0.25, 0.3) is 0 Å². The molecule has 1 N–H and O–H groups in total. The van der Waals surface area contributed by atoms with Crippen LogP contribution < -0.4 is 0 Å². The molecule has 1 aliphatic heterocycles. The van der Waals surface area contributed by atoms with Gasteiger partial charge in [0.15, 0.2) is 0 Å². The van der Waals surface area contributed by atoms with Gasteiger partial charge in [0, 0.05) is 0 Å². The lowest BCUT2D eigenvalue weighted by Gasteiger charge is -2.15. The highest BCUT2D eigenvalue weighted by Gasteiger charge is 2.65. The number of aliphatic hydroxyl groups is 1. The van der Waals surface area contributed by atoms with Gasteiger partial charge in [-0.2, -0.15) is 0 Å². The summed E-state index contributed by atoms with van der Waals surface area (Å²) in [6.07, 6.45) is 13.1. The van der Waals surface area contributed by atoms with E-state index in [1.807, 2.05) is 12.2 Å². The quantitative estimate of drug-likeness (QED) is 0.569. The van der Waals surface area contributed by atoms with Gasteiger partial charge in [0.1, 0.15) is 4.93 Å². The van der Waals surface area contributed by atoms with Crippen LogP contribution in [0.3, 0.4) is 0 Å². The van der Waals surface area contributed by atoms with E-state index in [0.717, 1.165) is 12.3 Å². The minimum Gasteiger partial charge on any atom is -0.374 e. The Morgan fingerprint density at radius 1 is 1.20 bits per heavy atom. The van der Waals surface area contributed by atoms with Gasteiger partial charge in [0.05, 0.1) is 4.75 Å². The number of allylic oxidation sites excluding steroid dienone is 2. The molecular weight excluding hydrogens is 204 g/mol. The van der Waals surface area contributed by atoms with Crippen LogP contribution in [0.5, 0.6) is 0 Å². The summed E-state index contributed by atoms with van der Waals surface area (Å²) in [5, 5.41) is 10.1. The molecule has 1 fully saturated rings. The van der Waals surface area contributed by atoms with Crippen LogP contribution in [0.4, 0.5) is 0 Å². The lowest BCUT2D eigenvalue weighted by molar-refractivity contribution is 0.193. The fraction of sp³-hybridized carbons (Fsp3) is 0.692. The Balaban J connectivity index is 1.77. The van der Waals surface area contributed by atoms with E-state index >= 15 is 0 Å². The summed E-state index contributed by atoms with van der Waals surface area (Å²) in [6.45, 7) is 4.54. The number of unbranched alkanes of at least 4 members (excludes halogenated alkanes) is 1. The van der Waals surface area contributed by atoms with E-state index < -0.39 is 4.93 Å². The average Bonchev–Trinajstić information content (AvgIpc) is 2.79. The maximum atomic E-state index is 10.1. The van der Waals surface area contributed by atoms with Crippen LogP contribution in [-0.4, -0.2) is 14.8 Å². The summed E-state index contributed by atoms with van der Waals surface area (Å²) in [4.78, 5) is -0.570. The van der Waals surface area contributed by atoms with Crippen molar-refractivity contribution in [3.63, 3.8) is 0 Å². The lowest BCUT2D eigenvalue weighted by atomic mass is 9.91. The van der Waals surface area contributed by atoms with Crippen LogP contribution in [0.1, 0.15) is 39.5 Å². The van der Waals surface area contributed by atoms with Gasteiger partial charge in [-0.05, 0) is 18.4 Å². The van der Waals surface area contributed by atoms with Crippen LogP contribution >= 0.6 is 11.8 Å². The molecule has 0 spiro atoms. The monoisotopic (exact) mass is 224 g/mol. The molecular formula is C13H20OS. The molecule has 2 atom stereocenters. The van der Waals surface area contributed by atoms with Gasteiger partial charge in [0.25, 0.3) is 0 Å². The fourth-order valence-corrected chi connectivity index (χ4v) is 3.51. The van der Waals surface area contributed by atoms with Gasteiger partial charge in [-0.3, -0.25) is 0 Å². The smallest absolute Gasteiger partial charge is 0.148 e. The second kappa shape index (κ2) is 3.99. The Kier molecular flexibility index (Phi) is 3.00. The highest BCUT2D eigenvalue weighted by Crippen LogP contribution is 2.67. The van der Waals surface area contributed by atoms with E-state index in [9.17, 15) is 5.11 Å². The van der Waals surface area contributed by atoms with Crippen molar-refractivity contribution in [3.05, 3.63) is 24.3 Å². The van der Waals surface area contributed by atoms with E-state index in [1.54, 1.807) is 11.8 Å². The molecule has 2 rings (SSSR count). The van der Waals surface area contributed by atoms with Gasteiger partial charge in [-0.25, -0.2) is 0 Å². The van der Waals surface area contributed by atoms with Gasteiger partial charge >= 0.3 is 0 Å². The molecule has 0 bridgehead atoms. The first-order valence-electron chi connectivity index (χ1n) is 5.88. The lowest BCUT2D eigenvalue weighted by Crippen LogP contribution is -2.23. The second-order valence-corrected chi connectivity index (χ2v) is 6.60. The van der Waals surface area contributed by atoms with Crippen LogP contribution in [0.2, 0.25) is 0 Å². The Bertz CT molecular complexity index is 295. The second-order valence-electron chi connectivity index (χ2n) is 5.05. The summed E-state index contributed by atoms with van der Waals surface area (Å²) in [5.41, 5.74) is 0. The molecule has 0 saturated carbocycles. The Hall–Kier alpha value is -0.210. The number of hydrogen-bond donors (Lipinski definition) is 1. The summed E-state index contributed by atoms with van der Waals surface area (Å²) in [7, 11) is 0. The van der Waals surface area contributed by atoms with E-state index in [4.69, 9.17) is 0 Å². The Morgan fingerprint density at radius 2 is 1.93 bits per heavy atom. The minimum atomic E-state index is -0.570. The third-order valence-electron chi connectivity index (χ3n) is 3.28. The molecule has 15 heavy (non-hydrogen) atoms. The third kappa shape index (κ3) is 2.16. The Morgan fingerprint density at radius 3 is 2.60 bits per heavy atom. The van der Waals surface area contributed by atoms with Crippen molar-refractivity contribution in [3.8, 4) is 0 Å². The molecule has 0 aromatic rings.